The van der Waals surface area contributed by atoms with Crippen molar-refractivity contribution in [3.63, 3.8) is 0 Å². The molecule has 0 aliphatic carbocycles. The number of halogens is 1. The highest BCUT2D eigenvalue weighted by Crippen LogP contribution is 2.22. The predicted octanol–water partition coefficient (Wildman–Crippen LogP) is 3.67. The van der Waals surface area contributed by atoms with Crippen LogP contribution in [0.1, 0.15) is 29.2 Å². The third-order valence-electron chi connectivity index (χ3n) is 2.75. The Balaban J connectivity index is 2.14. The van der Waals surface area contributed by atoms with Crippen molar-refractivity contribution >= 4 is 22.9 Å². The predicted molar refractivity (Wildman–Crippen MR) is 73.8 cm³/mol. The van der Waals surface area contributed by atoms with Gasteiger partial charge in [0.2, 0.25) is 0 Å². The molecule has 2 aromatic rings. The van der Waals surface area contributed by atoms with Gasteiger partial charge in [0, 0.05) is 22.9 Å². The number of hydrogen-bond acceptors (Lipinski definition) is 3. The highest BCUT2D eigenvalue weighted by atomic mass is 35.5. The summed E-state index contributed by atoms with van der Waals surface area (Å²) in [5.41, 5.74) is 2.23. The van der Waals surface area contributed by atoms with Gasteiger partial charge in [-0.15, -0.1) is 11.3 Å². The molecule has 0 fully saturated rings. The largest absolute Gasteiger partial charge is 0.312 e. The monoisotopic (exact) mass is 266 g/mol. The molecule has 0 saturated carbocycles. The molecule has 1 aromatic heterocycles. The van der Waals surface area contributed by atoms with E-state index in [1.54, 1.807) is 11.3 Å². The zero-order valence-corrected chi connectivity index (χ0v) is 11.5. The second-order valence-electron chi connectivity index (χ2n) is 3.94. The molecule has 1 heterocycles. The minimum Gasteiger partial charge on any atom is -0.312 e. The van der Waals surface area contributed by atoms with E-state index in [1.165, 1.54) is 0 Å². The van der Waals surface area contributed by atoms with Gasteiger partial charge >= 0.3 is 0 Å². The fraction of sp³-hybridized carbons (Fsp3) is 0.308. The summed E-state index contributed by atoms with van der Waals surface area (Å²) in [7, 11) is 1.94. The van der Waals surface area contributed by atoms with Crippen molar-refractivity contribution in [2.75, 3.05) is 7.05 Å². The molecule has 1 unspecified atom stereocenters. The first-order chi connectivity index (χ1) is 8.20. The average Bonchev–Trinajstić information content (AvgIpc) is 2.80. The van der Waals surface area contributed by atoms with E-state index >= 15 is 0 Å². The molecule has 0 radical (unpaired) electrons. The summed E-state index contributed by atoms with van der Waals surface area (Å²) in [6.45, 7) is 2.11. The van der Waals surface area contributed by atoms with Crippen LogP contribution in [-0.2, 0) is 6.42 Å². The van der Waals surface area contributed by atoms with Crippen molar-refractivity contribution in [3.05, 3.63) is 50.9 Å². The minimum atomic E-state index is 0.297. The molecule has 1 atom stereocenters. The Morgan fingerprint density at radius 2 is 2.18 bits per heavy atom. The summed E-state index contributed by atoms with van der Waals surface area (Å²) in [6.07, 6.45) is 0.806. The first-order valence-electron chi connectivity index (χ1n) is 5.55. The molecule has 0 bridgehead atoms. The van der Waals surface area contributed by atoms with Crippen LogP contribution in [0.5, 0.6) is 0 Å². The van der Waals surface area contributed by atoms with Gasteiger partial charge in [-0.1, -0.05) is 29.8 Å². The normalized spacial score (nSPS) is 12.6. The number of aromatic nitrogens is 1. The van der Waals surface area contributed by atoms with E-state index < -0.39 is 0 Å². The fourth-order valence-electron chi connectivity index (χ4n) is 1.56. The molecular weight excluding hydrogens is 252 g/mol. The molecule has 1 aromatic carbocycles. The van der Waals surface area contributed by atoms with Crippen molar-refractivity contribution in [3.8, 4) is 0 Å². The number of nitrogens with zero attached hydrogens (tertiary/aromatic N) is 1. The van der Waals surface area contributed by atoms with Crippen molar-refractivity contribution < 1.29 is 0 Å². The summed E-state index contributed by atoms with van der Waals surface area (Å²) in [5, 5.41) is 7.21. The molecule has 0 amide bonds. The van der Waals surface area contributed by atoms with E-state index in [0.717, 1.165) is 27.7 Å². The molecule has 2 nitrogen and oxygen atoms in total. The van der Waals surface area contributed by atoms with E-state index in [9.17, 15) is 0 Å². The van der Waals surface area contributed by atoms with Crippen LogP contribution in [0.25, 0.3) is 0 Å². The maximum atomic E-state index is 6.14. The Morgan fingerprint density at radius 1 is 1.41 bits per heavy atom. The first kappa shape index (κ1) is 12.6. The number of hydrogen-bond donors (Lipinski definition) is 1. The summed E-state index contributed by atoms with van der Waals surface area (Å²) in [4.78, 5) is 4.61. The Bertz CT molecular complexity index is 496. The van der Waals surface area contributed by atoms with Gasteiger partial charge in [0.15, 0.2) is 0 Å². The third kappa shape index (κ3) is 3.06. The van der Waals surface area contributed by atoms with Crippen LogP contribution in [0.2, 0.25) is 5.02 Å². The lowest BCUT2D eigenvalue weighted by Crippen LogP contribution is -2.12. The zero-order chi connectivity index (χ0) is 12.3. The fourth-order valence-corrected chi connectivity index (χ4v) is 2.67. The zero-order valence-electron chi connectivity index (χ0n) is 9.90. The van der Waals surface area contributed by atoms with Crippen molar-refractivity contribution in [2.24, 2.45) is 0 Å². The van der Waals surface area contributed by atoms with E-state index in [0.29, 0.717) is 6.04 Å². The van der Waals surface area contributed by atoms with Crippen LogP contribution in [0.4, 0.5) is 0 Å². The molecular formula is C13H15ClN2S. The quantitative estimate of drug-likeness (QED) is 0.913. The summed E-state index contributed by atoms with van der Waals surface area (Å²) in [5.74, 6) is 0. The van der Waals surface area contributed by atoms with Crippen LogP contribution >= 0.6 is 22.9 Å². The number of thiazole rings is 1. The average molecular weight is 267 g/mol. The Labute approximate surface area is 111 Å². The molecule has 0 aliphatic rings. The van der Waals surface area contributed by atoms with Crippen molar-refractivity contribution in [1.82, 2.24) is 10.3 Å². The minimum absolute atomic E-state index is 0.297. The lowest BCUT2D eigenvalue weighted by Gasteiger charge is -2.05. The Morgan fingerprint density at radius 3 is 2.88 bits per heavy atom. The van der Waals surface area contributed by atoms with E-state index in [4.69, 9.17) is 11.6 Å². The van der Waals surface area contributed by atoms with Crippen molar-refractivity contribution in [2.45, 2.75) is 19.4 Å². The second kappa shape index (κ2) is 5.63. The van der Waals surface area contributed by atoms with Crippen LogP contribution in [0.15, 0.2) is 29.6 Å². The lowest BCUT2D eigenvalue weighted by atomic mass is 10.1. The summed E-state index contributed by atoms with van der Waals surface area (Å²) in [6, 6.07) is 8.21. The lowest BCUT2D eigenvalue weighted by molar-refractivity contribution is 0.635. The standard InChI is InChI=1S/C13H15ClN2S/c1-9(15-2)12-8-17-13(16-12)7-10-5-3-4-6-11(10)14/h3-6,8-9,15H,7H2,1-2H3. The Hall–Kier alpha value is -0.900. The molecule has 2 rings (SSSR count). The van der Waals surface area contributed by atoms with Crippen molar-refractivity contribution in [1.29, 1.82) is 0 Å². The highest BCUT2D eigenvalue weighted by Gasteiger charge is 2.09. The van der Waals surface area contributed by atoms with Gasteiger partial charge in [-0.05, 0) is 25.6 Å². The van der Waals surface area contributed by atoms with Gasteiger partial charge in [-0.25, -0.2) is 4.98 Å². The number of rotatable bonds is 4. The maximum absolute atomic E-state index is 6.14. The molecule has 17 heavy (non-hydrogen) atoms. The summed E-state index contributed by atoms with van der Waals surface area (Å²) >= 11 is 7.82. The molecule has 4 heteroatoms. The van der Waals surface area contributed by atoms with E-state index in [-0.39, 0.29) is 0 Å². The molecule has 90 valence electrons. The smallest absolute Gasteiger partial charge is 0.0973 e. The highest BCUT2D eigenvalue weighted by molar-refractivity contribution is 7.09. The van der Waals surface area contributed by atoms with Crippen LogP contribution < -0.4 is 5.32 Å². The van der Waals surface area contributed by atoms with Crippen LogP contribution in [0.3, 0.4) is 0 Å². The SMILES string of the molecule is CNC(C)c1csc(Cc2ccccc2Cl)n1. The third-order valence-corrected chi connectivity index (χ3v) is 3.98. The van der Waals surface area contributed by atoms with Crippen LogP contribution in [0, 0.1) is 0 Å². The van der Waals surface area contributed by atoms with Gasteiger partial charge in [-0.3, -0.25) is 0 Å². The topological polar surface area (TPSA) is 24.9 Å². The van der Waals surface area contributed by atoms with Crippen LogP contribution in [-0.4, -0.2) is 12.0 Å². The van der Waals surface area contributed by atoms with Gasteiger partial charge in [0.25, 0.3) is 0 Å². The number of nitrogens with one attached hydrogen (secondary N) is 1. The second-order valence-corrected chi connectivity index (χ2v) is 5.29. The maximum Gasteiger partial charge on any atom is 0.0973 e. The van der Waals surface area contributed by atoms with Gasteiger partial charge in [0.1, 0.15) is 0 Å². The van der Waals surface area contributed by atoms with Gasteiger partial charge in [-0.2, -0.15) is 0 Å². The molecule has 1 N–H and O–H groups in total. The van der Waals surface area contributed by atoms with Gasteiger partial charge < -0.3 is 5.32 Å². The number of benzene rings is 1. The van der Waals surface area contributed by atoms with E-state index in [2.05, 4.69) is 22.6 Å². The summed E-state index contributed by atoms with van der Waals surface area (Å²) < 4.78 is 0. The Kier molecular flexibility index (Phi) is 4.15. The molecule has 0 saturated heterocycles. The molecule has 0 aliphatic heterocycles. The van der Waals surface area contributed by atoms with E-state index in [1.807, 2.05) is 31.3 Å². The molecule has 0 spiro atoms. The van der Waals surface area contributed by atoms with Gasteiger partial charge in [0.05, 0.1) is 10.7 Å². The first-order valence-corrected chi connectivity index (χ1v) is 6.81.